The fourth-order valence-electron chi connectivity index (χ4n) is 3.26. The Labute approximate surface area is 132 Å². The van der Waals surface area contributed by atoms with Crippen molar-refractivity contribution in [1.29, 1.82) is 0 Å². The predicted octanol–water partition coefficient (Wildman–Crippen LogP) is 4.08. The largest absolute Gasteiger partial charge is 0.416 e. The summed E-state index contributed by atoms with van der Waals surface area (Å²) in [5.41, 5.74) is 7.54. The van der Waals surface area contributed by atoms with Gasteiger partial charge in [0.1, 0.15) is 0 Å². The Morgan fingerprint density at radius 2 is 1.78 bits per heavy atom. The molecule has 1 aliphatic carbocycles. The summed E-state index contributed by atoms with van der Waals surface area (Å²) in [7, 11) is 0. The summed E-state index contributed by atoms with van der Waals surface area (Å²) >= 11 is 0. The number of halogens is 3. The summed E-state index contributed by atoms with van der Waals surface area (Å²) in [5, 5.41) is 0. The predicted molar refractivity (Wildman–Crippen MR) is 81.2 cm³/mol. The maximum Gasteiger partial charge on any atom is 0.416 e. The highest BCUT2D eigenvalue weighted by molar-refractivity contribution is 5.94. The van der Waals surface area contributed by atoms with E-state index in [1.807, 2.05) is 24.3 Å². The number of amides is 1. The molecule has 0 radical (unpaired) electrons. The van der Waals surface area contributed by atoms with Crippen LogP contribution >= 0.6 is 0 Å². The van der Waals surface area contributed by atoms with E-state index < -0.39 is 17.6 Å². The van der Waals surface area contributed by atoms with E-state index in [-0.39, 0.29) is 11.5 Å². The lowest BCUT2D eigenvalue weighted by molar-refractivity contribution is -0.137. The molecule has 0 saturated carbocycles. The second-order valence-corrected chi connectivity index (χ2v) is 5.87. The van der Waals surface area contributed by atoms with Gasteiger partial charge >= 0.3 is 6.18 Å². The summed E-state index contributed by atoms with van der Waals surface area (Å²) in [4.78, 5) is 11.6. The van der Waals surface area contributed by atoms with Crippen LogP contribution in [0.1, 0.15) is 45.0 Å². The molecular weight excluding hydrogens is 303 g/mol. The molecule has 2 aromatic rings. The van der Waals surface area contributed by atoms with Gasteiger partial charge in [0.25, 0.3) is 0 Å². The first kappa shape index (κ1) is 15.6. The lowest BCUT2D eigenvalue weighted by Gasteiger charge is -2.26. The number of rotatable bonds is 2. The van der Waals surface area contributed by atoms with Crippen molar-refractivity contribution in [3.63, 3.8) is 0 Å². The number of hydrogen-bond donors (Lipinski definition) is 1. The Bertz CT molecular complexity index is 752. The molecule has 0 heterocycles. The number of alkyl halides is 3. The van der Waals surface area contributed by atoms with Crippen LogP contribution in [0.3, 0.4) is 0 Å². The number of primary amides is 1. The second-order valence-electron chi connectivity index (χ2n) is 5.87. The zero-order chi connectivity index (χ0) is 16.6. The van der Waals surface area contributed by atoms with Gasteiger partial charge in [0.15, 0.2) is 0 Å². The van der Waals surface area contributed by atoms with Crippen molar-refractivity contribution in [2.45, 2.75) is 31.4 Å². The highest BCUT2D eigenvalue weighted by Gasteiger charge is 2.33. The topological polar surface area (TPSA) is 43.1 Å². The number of nitrogens with two attached hydrogens (primary N) is 1. The summed E-state index contributed by atoms with van der Waals surface area (Å²) in [5.74, 6) is -0.817. The van der Waals surface area contributed by atoms with E-state index in [0.717, 1.165) is 24.1 Å². The van der Waals surface area contributed by atoms with Crippen LogP contribution in [0.25, 0.3) is 0 Å². The number of fused-ring (bicyclic) bond motifs is 1. The van der Waals surface area contributed by atoms with Gasteiger partial charge in [-0.05, 0) is 60.1 Å². The van der Waals surface area contributed by atoms with E-state index in [1.54, 1.807) is 0 Å². The summed E-state index contributed by atoms with van der Waals surface area (Å²) in [6.45, 7) is 0. The molecule has 1 aliphatic rings. The molecule has 120 valence electrons. The molecular formula is C18H16F3NO. The van der Waals surface area contributed by atoms with Gasteiger partial charge in [-0.1, -0.05) is 24.3 Å². The van der Waals surface area contributed by atoms with Crippen LogP contribution < -0.4 is 5.73 Å². The fourth-order valence-corrected chi connectivity index (χ4v) is 3.26. The van der Waals surface area contributed by atoms with E-state index in [9.17, 15) is 18.0 Å². The third-order valence-corrected chi connectivity index (χ3v) is 4.43. The van der Waals surface area contributed by atoms with Crippen LogP contribution in [0.5, 0.6) is 0 Å². The molecule has 0 aromatic heterocycles. The van der Waals surface area contributed by atoms with Crippen molar-refractivity contribution in [1.82, 2.24) is 0 Å². The molecule has 3 rings (SSSR count). The van der Waals surface area contributed by atoms with E-state index >= 15 is 0 Å². The van der Waals surface area contributed by atoms with Crippen molar-refractivity contribution in [3.05, 3.63) is 70.3 Å². The van der Waals surface area contributed by atoms with Crippen LogP contribution in [-0.4, -0.2) is 5.91 Å². The number of carbonyl (C=O) groups is 1. The first-order valence-corrected chi connectivity index (χ1v) is 7.44. The third kappa shape index (κ3) is 3.09. The molecule has 2 nitrogen and oxygen atoms in total. The highest BCUT2D eigenvalue weighted by atomic mass is 19.4. The maximum absolute atomic E-state index is 13.0. The van der Waals surface area contributed by atoms with E-state index in [0.29, 0.717) is 18.4 Å². The van der Waals surface area contributed by atoms with Gasteiger partial charge in [0.2, 0.25) is 5.91 Å². The monoisotopic (exact) mass is 319 g/mol. The summed E-state index contributed by atoms with van der Waals surface area (Å²) < 4.78 is 39.0. The molecule has 2 N–H and O–H groups in total. The first-order valence-electron chi connectivity index (χ1n) is 7.44. The second kappa shape index (κ2) is 5.72. The molecule has 0 aliphatic heterocycles. The average molecular weight is 319 g/mol. The summed E-state index contributed by atoms with van der Waals surface area (Å²) in [6.07, 6.45) is -2.32. The minimum Gasteiger partial charge on any atom is -0.366 e. The van der Waals surface area contributed by atoms with Crippen LogP contribution in [0.4, 0.5) is 13.2 Å². The van der Waals surface area contributed by atoms with Gasteiger partial charge in [-0.15, -0.1) is 0 Å². The number of benzene rings is 2. The highest BCUT2D eigenvalue weighted by Crippen LogP contribution is 2.37. The number of carbonyl (C=O) groups excluding carboxylic acids is 1. The molecule has 1 amide bonds. The van der Waals surface area contributed by atoms with Gasteiger partial charge < -0.3 is 5.73 Å². The van der Waals surface area contributed by atoms with Crippen LogP contribution in [-0.2, 0) is 19.0 Å². The van der Waals surface area contributed by atoms with Gasteiger partial charge in [0, 0.05) is 5.56 Å². The van der Waals surface area contributed by atoms with Gasteiger partial charge in [-0.2, -0.15) is 13.2 Å². The van der Waals surface area contributed by atoms with Crippen LogP contribution in [0.15, 0.2) is 42.5 Å². The molecule has 0 fully saturated rings. The van der Waals surface area contributed by atoms with Crippen molar-refractivity contribution < 1.29 is 18.0 Å². The van der Waals surface area contributed by atoms with Gasteiger partial charge in [-0.3, -0.25) is 4.79 Å². The van der Waals surface area contributed by atoms with E-state index in [1.165, 1.54) is 11.6 Å². The zero-order valence-corrected chi connectivity index (χ0v) is 12.4. The molecule has 1 atom stereocenters. The Balaban J connectivity index is 2.03. The molecule has 0 spiro atoms. The lowest BCUT2D eigenvalue weighted by atomic mass is 9.78. The standard InChI is InChI=1S/C18H16F3NO/c19-18(20,21)14-7-8-15(17(22)23)16(10-14)13-6-5-11-3-1-2-4-12(11)9-13/h1-4,7-8,10,13H,5-6,9H2,(H2,22,23). The first-order chi connectivity index (χ1) is 10.9. The molecule has 2 aromatic carbocycles. The summed E-state index contributed by atoms with van der Waals surface area (Å²) in [6, 6.07) is 11.1. The normalized spacial score (nSPS) is 17.6. The fraction of sp³-hybridized carbons (Fsp3) is 0.278. The van der Waals surface area contributed by atoms with Crippen LogP contribution in [0, 0.1) is 0 Å². The lowest BCUT2D eigenvalue weighted by Crippen LogP contribution is -2.20. The molecule has 0 bridgehead atoms. The van der Waals surface area contributed by atoms with Gasteiger partial charge in [0.05, 0.1) is 5.56 Å². The molecule has 5 heteroatoms. The Kier molecular flexibility index (Phi) is 3.88. The average Bonchev–Trinajstić information content (AvgIpc) is 2.53. The SMILES string of the molecule is NC(=O)c1ccc(C(F)(F)F)cc1C1CCc2ccccc2C1. The molecule has 0 saturated heterocycles. The Morgan fingerprint density at radius 3 is 2.43 bits per heavy atom. The minimum atomic E-state index is -4.43. The third-order valence-electron chi connectivity index (χ3n) is 4.43. The Morgan fingerprint density at radius 1 is 1.09 bits per heavy atom. The smallest absolute Gasteiger partial charge is 0.366 e. The van der Waals surface area contributed by atoms with Crippen molar-refractivity contribution >= 4 is 5.91 Å². The van der Waals surface area contributed by atoms with E-state index in [2.05, 4.69) is 0 Å². The quantitative estimate of drug-likeness (QED) is 0.890. The number of hydrogen-bond acceptors (Lipinski definition) is 1. The Hall–Kier alpha value is -2.30. The maximum atomic E-state index is 13.0. The van der Waals surface area contributed by atoms with Crippen molar-refractivity contribution in [2.24, 2.45) is 5.73 Å². The van der Waals surface area contributed by atoms with Crippen LogP contribution in [0.2, 0.25) is 0 Å². The van der Waals surface area contributed by atoms with Crippen molar-refractivity contribution in [3.8, 4) is 0 Å². The molecule has 1 unspecified atom stereocenters. The van der Waals surface area contributed by atoms with Crippen molar-refractivity contribution in [2.75, 3.05) is 0 Å². The van der Waals surface area contributed by atoms with E-state index in [4.69, 9.17) is 5.73 Å². The number of aryl methyl sites for hydroxylation is 1. The van der Waals surface area contributed by atoms with Gasteiger partial charge in [-0.25, -0.2) is 0 Å². The minimum absolute atomic E-state index is 0.130. The zero-order valence-electron chi connectivity index (χ0n) is 12.4. The molecule has 23 heavy (non-hydrogen) atoms.